The van der Waals surface area contributed by atoms with E-state index >= 15 is 0 Å². The van der Waals surface area contributed by atoms with E-state index in [-0.39, 0.29) is 56.4 Å². The predicted octanol–water partition coefficient (Wildman–Crippen LogP) is -3.59. The topological polar surface area (TPSA) is 86.2 Å². The zero-order chi connectivity index (χ0) is 4.50. The van der Waals surface area contributed by atoms with Gasteiger partial charge in [-0.15, -0.1) is 0 Å². The van der Waals surface area contributed by atoms with Crippen molar-refractivity contribution >= 4 is 42.5 Å². The second-order valence-electron chi connectivity index (χ2n) is 0.447. The van der Waals surface area contributed by atoms with Crippen LogP contribution in [0.2, 0.25) is 0 Å². The minimum absolute atomic E-state index is 0. The van der Waals surface area contributed by atoms with E-state index in [1.165, 1.54) is 0 Å². The average Bonchev–Trinajstić information content (AvgIpc) is 0.722. The smallest absolute Gasteiger partial charge is 0.822 e. The fourth-order valence-electron chi connectivity index (χ4n) is 0. The Morgan fingerprint density at radius 3 is 1.00 bits per heavy atom. The van der Waals surface area contributed by atoms with E-state index in [0.29, 0.717) is 0 Å². The van der Waals surface area contributed by atoms with E-state index in [1.54, 1.807) is 0 Å². The molecule has 0 aliphatic carbocycles. The molecular weight excluding hydrogens is 197 g/mol. The molecule has 32 valence electrons. The molecule has 0 heterocycles. The van der Waals surface area contributed by atoms with Gasteiger partial charge in [0.05, 0.1) is 0 Å². The van der Waals surface area contributed by atoms with Gasteiger partial charge in [-0.2, -0.15) is 7.82 Å². The van der Waals surface area contributed by atoms with Gasteiger partial charge in [0.1, 0.15) is 0 Å². The summed E-state index contributed by atoms with van der Waals surface area (Å²) in [6.07, 6.45) is 0. The molecule has 0 amide bonds. The zero-order valence-electron chi connectivity index (χ0n) is 3.73. The summed E-state index contributed by atoms with van der Waals surface area (Å²) in [5.74, 6) is 0. The minimum Gasteiger partial charge on any atom is -0.822 e. The fraction of sp³-hybridized carbons (Fsp3) is 0. The van der Waals surface area contributed by atoms with E-state index in [1.807, 2.05) is 0 Å². The van der Waals surface area contributed by atoms with Crippen molar-refractivity contribution in [2.24, 2.45) is 0 Å². The molecule has 0 N–H and O–H groups in total. The average molecular weight is 197 g/mol. The van der Waals surface area contributed by atoms with Crippen molar-refractivity contribution in [3.63, 3.8) is 0 Å². The van der Waals surface area contributed by atoms with Gasteiger partial charge in [-0.25, -0.2) is 0 Å². The van der Waals surface area contributed by atoms with Crippen LogP contribution in [0.25, 0.3) is 0 Å². The molecule has 0 aromatic rings. The molecule has 0 radical (unpaired) electrons. The first-order valence-corrected chi connectivity index (χ1v) is 2.19. The Labute approximate surface area is 83.1 Å². The van der Waals surface area contributed by atoms with Gasteiger partial charge in [-0.05, 0) is 0 Å². The summed E-state index contributed by atoms with van der Waals surface area (Å²) in [6, 6.07) is 0. The van der Waals surface area contributed by atoms with Crippen molar-refractivity contribution in [3.05, 3.63) is 0 Å². The maximum Gasteiger partial charge on any atom is 4.00 e. The molecule has 0 aromatic heterocycles. The zero-order valence-corrected chi connectivity index (χ0v) is 8.50. The molecule has 4 nitrogen and oxygen atoms in total. The number of hydrogen-bond donors (Lipinski definition) is 0. The normalized spacial score (nSPS) is 7.38. The SMILES string of the molecule is O=P([O-])([O-])[O-].[Al+3].[Al+3].[Ti+4]. The van der Waals surface area contributed by atoms with Crippen LogP contribution in [-0.4, -0.2) is 34.7 Å². The summed E-state index contributed by atoms with van der Waals surface area (Å²) in [4.78, 5) is 25.6. The van der Waals surface area contributed by atoms with Gasteiger partial charge in [0.25, 0.3) is 0 Å². The van der Waals surface area contributed by atoms with Crippen molar-refractivity contribution in [2.45, 2.75) is 0 Å². The van der Waals surface area contributed by atoms with Gasteiger partial charge >= 0.3 is 56.4 Å². The van der Waals surface area contributed by atoms with Crippen LogP contribution in [0.1, 0.15) is 0 Å². The number of rotatable bonds is 0. The van der Waals surface area contributed by atoms with Crippen LogP contribution < -0.4 is 14.7 Å². The second-order valence-corrected chi connectivity index (χ2v) is 1.34. The molecule has 0 aliphatic heterocycles. The Balaban J connectivity index is -0.0000000267. The van der Waals surface area contributed by atoms with Crippen LogP contribution in [-0.2, 0) is 26.3 Å². The third-order valence-corrected chi connectivity index (χ3v) is 0. The molecule has 0 saturated heterocycles. The van der Waals surface area contributed by atoms with E-state index in [2.05, 4.69) is 0 Å². The molecule has 8 heavy (non-hydrogen) atoms. The van der Waals surface area contributed by atoms with Crippen LogP contribution in [0.15, 0.2) is 0 Å². The van der Waals surface area contributed by atoms with Crippen LogP contribution >= 0.6 is 7.82 Å². The van der Waals surface area contributed by atoms with E-state index in [9.17, 15) is 0 Å². The van der Waals surface area contributed by atoms with Gasteiger partial charge in [0, 0.05) is 0 Å². The van der Waals surface area contributed by atoms with Crippen LogP contribution in [0, 0.1) is 0 Å². The van der Waals surface area contributed by atoms with Crippen LogP contribution in [0.5, 0.6) is 0 Å². The number of hydrogen-bond acceptors (Lipinski definition) is 4. The Morgan fingerprint density at radius 1 is 1.00 bits per heavy atom. The Morgan fingerprint density at radius 2 is 1.00 bits per heavy atom. The molecule has 0 atom stereocenters. The van der Waals surface area contributed by atoms with Crippen molar-refractivity contribution in [1.29, 1.82) is 0 Å². The quantitative estimate of drug-likeness (QED) is 0.296. The first-order valence-electron chi connectivity index (χ1n) is 0.730. The summed E-state index contributed by atoms with van der Waals surface area (Å²) in [5, 5.41) is 0. The summed E-state index contributed by atoms with van der Waals surface area (Å²) in [5.41, 5.74) is 0. The van der Waals surface area contributed by atoms with Gasteiger partial charge in [0.2, 0.25) is 0 Å². The summed E-state index contributed by atoms with van der Waals surface area (Å²) in [6.45, 7) is 0. The molecule has 0 bridgehead atoms. The van der Waals surface area contributed by atoms with E-state index in [4.69, 9.17) is 19.2 Å². The third-order valence-electron chi connectivity index (χ3n) is 0. The number of phosphoric acid groups is 1. The summed E-state index contributed by atoms with van der Waals surface area (Å²) in [7, 11) is -5.39. The van der Waals surface area contributed by atoms with Crippen LogP contribution in [0.4, 0.5) is 0 Å². The third kappa shape index (κ3) is 105. The Kier molecular flexibility index (Phi) is 25.0. The van der Waals surface area contributed by atoms with Crippen molar-refractivity contribution in [1.82, 2.24) is 0 Å². The standard InChI is InChI=1S/2Al.H3O4P.Ti/c;;1-5(2,3)4;/h;;(H3,1,2,3,4);/q2*+3;;+4/p-3. The molecule has 0 saturated carbocycles. The van der Waals surface area contributed by atoms with Gasteiger partial charge in [-0.3, -0.25) is 0 Å². The van der Waals surface area contributed by atoms with Crippen molar-refractivity contribution < 1.29 is 41.0 Å². The molecule has 0 aromatic carbocycles. The molecular formula is Al2O4PTi+7. The van der Waals surface area contributed by atoms with Crippen molar-refractivity contribution in [3.8, 4) is 0 Å². The Hall–Kier alpha value is 1.89. The van der Waals surface area contributed by atoms with Crippen LogP contribution in [0.3, 0.4) is 0 Å². The maximum atomic E-state index is 8.55. The first kappa shape index (κ1) is 22.5. The van der Waals surface area contributed by atoms with Gasteiger partial charge in [0.15, 0.2) is 0 Å². The molecule has 0 aliphatic rings. The first-order chi connectivity index (χ1) is 2.00. The largest absolute Gasteiger partial charge is 4.00 e. The minimum atomic E-state index is -5.39. The molecule has 0 unspecified atom stereocenters. The fourth-order valence-corrected chi connectivity index (χ4v) is 0. The Bertz CT molecular complexity index is 60.2. The maximum absolute atomic E-state index is 8.55. The van der Waals surface area contributed by atoms with E-state index in [0.717, 1.165) is 0 Å². The predicted molar refractivity (Wildman–Crippen MR) is 19.1 cm³/mol. The molecule has 8 heteroatoms. The van der Waals surface area contributed by atoms with Gasteiger partial charge < -0.3 is 19.2 Å². The van der Waals surface area contributed by atoms with Crippen molar-refractivity contribution in [2.75, 3.05) is 0 Å². The van der Waals surface area contributed by atoms with Gasteiger partial charge in [-0.1, -0.05) is 0 Å². The second kappa shape index (κ2) is 8.89. The summed E-state index contributed by atoms with van der Waals surface area (Å²) >= 11 is 0. The molecule has 0 rings (SSSR count). The molecule has 0 spiro atoms. The monoisotopic (exact) mass is 197 g/mol. The summed E-state index contributed by atoms with van der Waals surface area (Å²) < 4.78 is 8.55. The molecule has 0 fully saturated rings. The van der Waals surface area contributed by atoms with E-state index < -0.39 is 7.82 Å².